The molecule has 4 rings (SSSR count). The number of methoxy groups -OCH3 is 1. The predicted octanol–water partition coefficient (Wildman–Crippen LogP) is 6.64. The Kier molecular flexibility index (Phi) is 10.6. The minimum Gasteiger partial charge on any atom is -0.493 e. The lowest BCUT2D eigenvalue weighted by Crippen LogP contribution is -2.45. The maximum atomic E-state index is 6.39. The van der Waals surface area contributed by atoms with Gasteiger partial charge >= 0.3 is 0 Å². The van der Waals surface area contributed by atoms with Gasteiger partial charge in [0.05, 0.1) is 35.1 Å². The first-order valence-electron chi connectivity index (χ1n) is 13.3. The Labute approximate surface area is 235 Å². The van der Waals surface area contributed by atoms with Gasteiger partial charge in [-0.1, -0.05) is 61.9 Å². The second-order valence-corrected chi connectivity index (χ2v) is 10.7. The third-order valence-corrected chi connectivity index (χ3v) is 7.96. The van der Waals surface area contributed by atoms with E-state index in [1.54, 1.807) is 37.6 Å². The van der Waals surface area contributed by atoms with Crippen LogP contribution < -0.4 is 20.5 Å². The summed E-state index contributed by atoms with van der Waals surface area (Å²) in [6, 6.07) is 8.74. The van der Waals surface area contributed by atoms with E-state index in [0.29, 0.717) is 45.1 Å². The van der Waals surface area contributed by atoms with Crippen molar-refractivity contribution in [2.75, 3.05) is 45.3 Å². The van der Waals surface area contributed by atoms with Crippen molar-refractivity contribution in [3.8, 4) is 11.5 Å². The van der Waals surface area contributed by atoms with E-state index in [0.717, 1.165) is 32.2 Å². The fourth-order valence-corrected chi connectivity index (χ4v) is 5.43. The summed E-state index contributed by atoms with van der Waals surface area (Å²) in [5, 5.41) is 3.99. The fourth-order valence-electron chi connectivity index (χ4n) is 5.14. The third kappa shape index (κ3) is 7.79. The van der Waals surface area contributed by atoms with E-state index in [2.05, 4.69) is 21.8 Å². The average Bonchev–Trinajstić information content (AvgIpc) is 2.93. The molecule has 0 bridgehead atoms. The number of anilines is 1. The van der Waals surface area contributed by atoms with E-state index >= 15 is 0 Å². The number of hydrogen-bond acceptors (Lipinski definition) is 6. The highest BCUT2D eigenvalue weighted by Crippen LogP contribution is 2.35. The topological polar surface area (TPSA) is 81.3 Å². The lowest BCUT2D eigenvalue weighted by atomic mass is 9.87. The van der Waals surface area contributed by atoms with Crippen molar-refractivity contribution >= 4 is 40.4 Å². The number of benzene rings is 2. The molecule has 2 aromatic carbocycles. The van der Waals surface area contributed by atoms with Gasteiger partial charge in [0, 0.05) is 24.7 Å². The summed E-state index contributed by atoms with van der Waals surface area (Å²) in [6.07, 6.45) is 9.81. The van der Waals surface area contributed by atoms with Crippen molar-refractivity contribution in [3.05, 3.63) is 58.7 Å². The van der Waals surface area contributed by atoms with E-state index in [9.17, 15) is 0 Å². The molecule has 206 valence electrons. The zero-order valence-corrected chi connectivity index (χ0v) is 23.6. The van der Waals surface area contributed by atoms with Gasteiger partial charge in [-0.3, -0.25) is 4.90 Å². The summed E-state index contributed by atoms with van der Waals surface area (Å²) in [6.45, 7) is 7.92. The predicted molar refractivity (Wildman–Crippen MR) is 157 cm³/mol. The standard InChI is InChI=1S/C29H38Cl2N4O3/c1-3-33-26-17-28(27(36-2)16-23(26)29(32)34-21-9-10-24(30)25(31)15-21)38-19-22-18-35(13-14-37-22)12-11-20-7-5-4-6-8-20/h3,9-10,15-17,20,22,33H,1,4-8,11-14,18-19H2,2H3,(H2,32,34). The van der Waals surface area contributed by atoms with Crippen LogP contribution in [0, 0.1) is 5.92 Å². The highest BCUT2D eigenvalue weighted by atomic mass is 35.5. The maximum Gasteiger partial charge on any atom is 0.163 e. The van der Waals surface area contributed by atoms with Gasteiger partial charge in [-0.15, -0.1) is 0 Å². The number of ether oxygens (including phenoxy) is 3. The van der Waals surface area contributed by atoms with E-state index < -0.39 is 0 Å². The molecule has 38 heavy (non-hydrogen) atoms. The first kappa shape index (κ1) is 28.6. The Balaban J connectivity index is 1.43. The number of halogens is 2. The summed E-state index contributed by atoms with van der Waals surface area (Å²) >= 11 is 12.2. The molecule has 0 amide bonds. The van der Waals surface area contributed by atoms with Crippen molar-refractivity contribution in [2.24, 2.45) is 16.6 Å². The van der Waals surface area contributed by atoms with Gasteiger partial charge in [-0.05, 0) is 49.3 Å². The zero-order valence-electron chi connectivity index (χ0n) is 22.1. The van der Waals surface area contributed by atoms with Gasteiger partial charge in [-0.2, -0.15) is 0 Å². The summed E-state index contributed by atoms with van der Waals surface area (Å²) in [4.78, 5) is 7.02. The van der Waals surface area contributed by atoms with E-state index in [4.69, 9.17) is 43.1 Å². The first-order chi connectivity index (χ1) is 18.5. The van der Waals surface area contributed by atoms with Crippen molar-refractivity contribution in [3.63, 3.8) is 0 Å². The van der Waals surface area contributed by atoms with Crippen LogP contribution in [0.1, 0.15) is 44.1 Å². The highest BCUT2D eigenvalue weighted by molar-refractivity contribution is 6.42. The summed E-state index contributed by atoms with van der Waals surface area (Å²) in [5.41, 5.74) is 8.30. The lowest BCUT2D eigenvalue weighted by molar-refractivity contribution is -0.0495. The second-order valence-electron chi connectivity index (χ2n) is 9.89. The monoisotopic (exact) mass is 560 g/mol. The molecule has 1 unspecified atom stereocenters. The number of rotatable bonds is 11. The minimum absolute atomic E-state index is 0.00316. The van der Waals surface area contributed by atoms with Crippen LogP contribution >= 0.6 is 23.2 Å². The molecule has 1 saturated heterocycles. The Morgan fingerprint density at radius 2 is 2.00 bits per heavy atom. The van der Waals surface area contributed by atoms with Gasteiger partial charge in [-0.25, -0.2) is 4.99 Å². The number of morpholine rings is 1. The highest BCUT2D eigenvalue weighted by Gasteiger charge is 2.23. The van der Waals surface area contributed by atoms with Gasteiger partial charge in [0.15, 0.2) is 11.5 Å². The van der Waals surface area contributed by atoms with Crippen molar-refractivity contribution in [1.29, 1.82) is 0 Å². The molecule has 0 radical (unpaired) electrons. The molecule has 3 N–H and O–H groups in total. The third-order valence-electron chi connectivity index (χ3n) is 7.22. The molecule has 2 fully saturated rings. The number of hydrogen-bond donors (Lipinski definition) is 2. The number of nitrogens with one attached hydrogen (secondary N) is 1. The normalized spacial score (nSPS) is 19.2. The molecule has 2 aromatic rings. The van der Waals surface area contributed by atoms with E-state index in [-0.39, 0.29) is 11.9 Å². The smallest absolute Gasteiger partial charge is 0.163 e. The molecular weight excluding hydrogens is 523 g/mol. The maximum absolute atomic E-state index is 6.39. The van der Waals surface area contributed by atoms with Crippen LogP contribution in [0.2, 0.25) is 10.0 Å². The molecule has 0 aromatic heterocycles. The van der Waals surface area contributed by atoms with Crippen LogP contribution in [0.25, 0.3) is 0 Å². The van der Waals surface area contributed by atoms with Crippen LogP contribution in [0.3, 0.4) is 0 Å². The Morgan fingerprint density at radius 1 is 1.18 bits per heavy atom. The largest absolute Gasteiger partial charge is 0.493 e. The Hall–Kier alpha value is -2.45. The molecule has 0 spiro atoms. The summed E-state index contributed by atoms with van der Waals surface area (Å²) < 4.78 is 17.9. The first-order valence-corrected chi connectivity index (χ1v) is 14.1. The number of nitrogens with two attached hydrogens (primary N) is 1. The summed E-state index contributed by atoms with van der Waals surface area (Å²) in [7, 11) is 1.60. The van der Waals surface area contributed by atoms with Crippen LogP contribution in [0.4, 0.5) is 11.4 Å². The van der Waals surface area contributed by atoms with Crippen molar-refractivity contribution < 1.29 is 14.2 Å². The molecule has 1 heterocycles. The van der Waals surface area contributed by atoms with Gasteiger partial charge in [0.2, 0.25) is 0 Å². The van der Waals surface area contributed by atoms with Crippen LogP contribution in [-0.2, 0) is 4.74 Å². The van der Waals surface area contributed by atoms with E-state index in [1.807, 2.05) is 6.07 Å². The average molecular weight is 562 g/mol. The van der Waals surface area contributed by atoms with E-state index in [1.165, 1.54) is 38.5 Å². The van der Waals surface area contributed by atoms with Crippen molar-refractivity contribution in [2.45, 2.75) is 44.6 Å². The van der Waals surface area contributed by atoms with Gasteiger partial charge in [0.25, 0.3) is 0 Å². The molecule has 1 aliphatic heterocycles. The van der Waals surface area contributed by atoms with Crippen LogP contribution in [0.15, 0.2) is 48.1 Å². The molecule has 1 saturated carbocycles. The molecule has 7 nitrogen and oxygen atoms in total. The van der Waals surface area contributed by atoms with Crippen molar-refractivity contribution in [1.82, 2.24) is 4.90 Å². The van der Waals surface area contributed by atoms with Crippen LogP contribution in [0.5, 0.6) is 11.5 Å². The molecule has 9 heteroatoms. The second kappa shape index (κ2) is 14.1. The molecular formula is C29H38Cl2N4O3. The quantitative estimate of drug-likeness (QED) is 0.236. The Bertz CT molecular complexity index is 1120. The zero-order chi connectivity index (χ0) is 26.9. The SMILES string of the molecule is C=CNc1cc(OCC2CN(CCC3CCCCC3)CCO2)c(OC)cc1C(N)=Nc1ccc(Cl)c(Cl)c1. The summed E-state index contributed by atoms with van der Waals surface area (Å²) in [5.74, 6) is 2.30. The minimum atomic E-state index is -0.00316. The number of aliphatic imine (C=N–C) groups is 1. The molecule has 2 aliphatic rings. The van der Waals surface area contributed by atoms with Crippen LogP contribution in [-0.4, -0.2) is 56.8 Å². The molecule has 1 aliphatic carbocycles. The van der Waals surface area contributed by atoms with Gasteiger partial charge in [0.1, 0.15) is 18.5 Å². The number of amidine groups is 1. The lowest BCUT2D eigenvalue weighted by Gasteiger charge is -2.34. The fraction of sp³-hybridized carbons (Fsp3) is 0.483. The number of nitrogens with zero attached hydrogens (tertiary/aromatic N) is 2. The Morgan fingerprint density at radius 3 is 2.74 bits per heavy atom. The molecule has 1 atom stereocenters. The van der Waals surface area contributed by atoms with Gasteiger partial charge < -0.3 is 25.3 Å².